The number of nitro groups is 1. The number of anilines is 1. The van der Waals surface area contributed by atoms with Crippen LogP contribution in [0, 0.1) is 10.1 Å². The van der Waals surface area contributed by atoms with Crippen LogP contribution >= 0.6 is 0 Å². The highest BCUT2D eigenvalue weighted by atomic mass is 16.6. The molecular weight excluding hydrogens is 326 g/mol. The molecule has 0 aliphatic rings. The molecule has 0 aliphatic heterocycles. The number of nitro benzene ring substituents is 1. The van der Waals surface area contributed by atoms with Crippen LogP contribution in [0.4, 0.5) is 11.4 Å². The van der Waals surface area contributed by atoms with Gasteiger partial charge in [-0.15, -0.1) is 0 Å². The third kappa shape index (κ3) is 4.54. The lowest BCUT2D eigenvalue weighted by molar-refractivity contribution is -0.384. The first-order valence-electron chi connectivity index (χ1n) is 7.35. The summed E-state index contributed by atoms with van der Waals surface area (Å²) in [5.41, 5.74) is 4.62. The van der Waals surface area contributed by atoms with E-state index in [1.165, 1.54) is 13.2 Å². The zero-order valence-corrected chi connectivity index (χ0v) is 13.7. The summed E-state index contributed by atoms with van der Waals surface area (Å²) < 4.78 is 5.16. The van der Waals surface area contributed by atoms with E-state index in [-0.39, 0.29) is 17.8 Å². The number of benzene rings is 2. The molecule has 2 rings (SSSR count). The largest absolute Gasteiger partial charge is 0.496 e. The van der Waals surface area contributed by atoms with E-state index in [0.29, 0.717) is 22.6 Å². The summed E-state index contributed by atoms with van der Waals surface area (Å²) in [5.74, 6) is -0.492. The van der Waals surface area contributed by atoms with Crippen molar-refractivity contribution < 1.29 is 19.6 Å². The number of hydrazone groups is 1. The zero-order chi connectivity index (χ0) is 18.4. The number of methoxy groups -OCH3 is 1. The molecule has 0 saturated heterocycles. The van der Waals surface area contributed by atoms with Gasteiger partial charge in [-0.3, -0.25) is 20.3 Å². The van der Waals surface area contributed by atoms with Gasteiger partial charge < -0.3 is 9.84 Å². The molecule has 25 heavy (non-hydrogen) atoms. The molecule has 0 bridgehead atoms. The predicted molar refractivity (Wildman–Crippen MR) is 93.3 cm³/mol. The minimum absolute atomic E-state index is 0.0830. The van der Waals surface area contributed by atoms with Crippen molar-refractivity contribution in [3.8, 4) is 5.75 Å². The molecule has 0 aliphatic carbocycles. The number of nitrogens with one attached hydrogen (secondary N) is 1. The second-order valence-corrected chi connectivity index (χ2v) is 5.18. The number of hydrogen-bond acceptors (Lipinski definition) is 6. The van der Waals surface area contributed by atoms with Gasteiger partial charge in [0.2, 0.25) is 0 Å². The molecule has 2 aromatic rings. The van der Waals surface area contributed by atoms with Crippen molar-refractivity contribution in [2.75, 3.05) is 12.5 Å². The Kier molecular flexibility index (Phi) is 5.67. The Labute approximate surface area is 143 Å². The Morgan fingerprint density at radius 1 is 1.32 bits per heavy atom. The molecule has 0 radical (unpaired) electrons. The highest BCUT2D eigenvalue weighted by Crippen LogP contribution is 2.24. The van der Waals surface area contributed by atoms with Crippen LogP contribution in [0.5, 0.6) is 5.75 Å². The van der Waals surface area contributed by atoms with Gasteiger partial charge in [0.15, 0.2) is 0 Å². The average Bonchev–Trinajstić information content (AvgIpc) is 2.59. The lowest BCUT2D eigenvalue weighted by Gasteiger charge is -2.10. The van der Waals surface area contributed by atoms with Gasteiger partial charge in [0, 0.05) is 11.6 Å². The molecule has 8 nitrogen and oxygen atoms in total. The summed E-state index contributed by atoms with van der Waals surface area (Å²) in [7, 11) is 1.47. The quantitative estimate of drug-likeness (QED) is 0.454. The molecule has 0 fully saturated rings. The maximum atomic E-state index is 11.0. The highest BCUT2D eigenvalue weighted by Gasteiger charge is 2.13. The lowest BCUT2D eigenvalue weighted by Crippen LogP contribution is -2.06. The van der Waals surface area contributed by atoms with Crippen molar-refractivity contribution in [3.63, 3.8) is 0 Å². The predicted octanol–water partition coefficient (Wildman–Crippen LogP) is 3.07. The standard InChI is InChI=1S/C17H17N3O5/c1-11(18-19-14-5-3-4-6-15(14)20(23)24)12-7-8-16(25-2)13(9-12)10-17(21)22/h3-9,19H,10H2,1-2H3,(H,21,22)/b18-11-. The number of carboxylic acids is 1. The molecule has 8 heteroatoms. The molecule has 0 amide bonds. The molecular formula is C17H17N3O5. The second-order valence-electron chi connectivity index (χ2n) is 5.18. The van der Waals surface area contributed by atoms with Gasteiger partial charge in [0.1, 0.15) is 11.4 Å². The molecule has 0 aromatic heterocycles. The minimum atomic E-state index is -0.969. The Morgan fingerprint density at radius 3 is 2.68 bits per heavy atom. The van der Waals surface area contributed by atoms with Crippen LogP contribution in [-0.2, 0) is 11.2 Å². The van der Waals surface area contributed by atoms with E-state index in [4.69, 9.17) is 9.84 Å². The maximum absolute atomic E-state index is 11.0. The van der Waals surface area contributed by atoms with Crippen LogP contribution in [0.1, 0.15) is 18.1 Å². The van der Waals surface area contributed by atoms with Crippen molar-refractivity contribution in [1.29, 1.82) is 0 Å². The van der Waals surface area contributed by atoms with Gasteiger partial charge in [-0.2, -0.15) is 5.10 Å². The Morgan fingerprint density at radius 2 is 2.04 bits per heavy atom. The second kappa shape index (κ2) is 7.91. The normalized spacial score (nSPS) is 11.0. The summed E-state index contributed by atoms with van der Waals surface area (Å²) in [4.78, 5) is 21.5. The van der Waals surface area contributed by atoms with Crippen molar-refractivity contribution >= 4 is 23.1 Å². The Bertz CT molecular complexity index is 833. The molecule has 0 unspecified atom stereocenters. The number of carboxylic acid groups (broad SMARTS) is 1. The van der Waals surface area contributed by atoms with E-state index in [2.05, 4.69) is 10.5 Å². The highest BCUT2D eigenvalue weighted by molar-refractivity contribution is 5.99. The van der Waals surface area contributed by atoms with Crippen molar-refractivity contribution in [2.24, 2.45) is 5.10 Å². The first-order chi connectivity index (χ1) is 11.9. The lowest BCUT2D eigenvalue weighted by atomic mass is 10.0. The monoisotopic (exact) mass is 343 g/mol. The summed E-state index contributed by atoms with van der Waals surface area (Å²) in [6.45, 7) is 1.72. The summed E-state index contributed by atoms with van der Waals surface area (Å²) in [6, 6.07) is 11.2. The fourth-order valence-electron chi connectivity index (χ4n) is 2.24. The van der Waals surface area contributed by atoms with Crippen molar-refractivity contribution in [1.82, 2.24) is 0 Å². The Hall–Kier alpha value is -3.42. The first kappa shape index (κ1) is 17.9. The van der Waals surface area contributed by atoms with E-state index in [1.807, 2.05) is 0 Å². The minimum Gasteiger partial charge on any atom is -0.496 e. The summed E-state index contributed by atoms with van der Waals surface area (Å²) >= 11 is 0. The third-order valence-electron chi connectivity index (χ3n) is 3.48. The van der Waals surface area contributed by atoms with E-state index in [9.17, 15) is 14.9 Å². The van der Waals surface area contributed by atoms with E-state index >= 15 is 0 Å². The number of hydrogen-bond donors (Lipinski definition) is 2. The fourth-order valence-corrected chi connectivity index (χ4v) is 2.24. The third-order valence-corrected chi connectivity index (χ3v) is 3.48. The van der Waals surface area contributed by atoms with Gasteiger partial charge in [-0.1, -0.05) is 12.1 Å². The van der Waals surface area contributed by atoms with E-state index < -0.39 is 10.9 Å². The van der Waals surface area contributed by atoms with Crippen LogP contribution in [0.3, 0.4) is 0 Å². The van der Waals surface area contributed by atoms with Crippen LogP contribution < -0.4 is 10.2 Å². The van der Waals surface area contributed by atoms with Crippen molar-refractivity contribution in [3.05, 3.63) is 63.7 Å². The average molecular weight is 343 g/mol. The number of carbonyl (C=O) groups is 1. The fraction of sp³-hybridized carbons (Fsp3) is 0.176. The zero-order valence-electron chi connectivity index (χ0n) is 13.7. The van der Waals surface area contributed by atoms with Crippen molar-refractivity contribution in [2.45, 2.75) is 13.3 Å². The van der Waals surface area contributed by atoms with E-state index in [1.54, 1.807) is 43.3 Å². The summed E-state index contributed by atoms with van der Waals surface area (Å²) in [6.07, 6.45) is -0.179. The molecule has 130 valence electrons. The van der Waals surface area contributed by atoms with Gasteiger partial charge >= 0.3 is 5.97 Å². The Balaban J connectivity index is 2.28. The molecule has 0 heterocycles. The SMILES string of the molecule is COc1ccc(/C(C)=N\Nc2ccccc2[N+](=O)[O-])cc1CC(=O)O. The number of para-hydroxylation sites is 2. The van der Waals surface area contributed by atoms with Gasteiger partial charge in [-0.25, -0.2) is 0 Å². The molecule has 0 atom stereocenters. The molecule has 2 aromatic carbocycles. The number of ether oxygens (including phenoxy) is 1. The van der Waals surface area contributed by atoms with Crippen LogP contribution in [0.15, 0.2) is 47.6 Å². The van der Waals surface area contributed by atoms with Crippen LogP contribution in [0.25, 0.3) is 0 Å². The molecule has 0 saturated carbocycles. The number of aliphatic carboxylic acids is 1. The van der Waals surface area contributed by atoms with Gasteiger partial charge in [-0.05, 0) is 36.8 Å². The van der Waals surface area contributed by atoms with E-state index in [0.717, 1.165) is 0 Å². The van der Waals surface area contributed by atoms with Crippen LogP contribution in [-0.4, -0.2) is 28.8 Å². The number of nitrogens with zero attached hydrogens (tertiary/aromatic N) is 2. The maximum Gasteiger partial charge on any atom is 0.307 e. The van der Waals surface area contributed by atoms with Gasteiger partial charge in [0.25, 0.3) is 5.69 Å². The van der Waals surface area contributed by atoms with Crippen LogP contribution in [0.2, 0.25) is 0 Å². The summed E-state index contributed by atoms with van der Waals surface area (Å²) in [5, 5.41) is 24.1. The molecule has 0 spiro atoms. The topological polar surface area (TPSA) is 114 Å². The first-order valence-corrected chi connectivity index (χ1v) is 7.35. The van der Waals surface area contributed by atoms with Gasteiger partial charge in [0.05, 0.1) is 24.2 Å². The smallest absolute Gasteiger partial charge is 0.307 e. The number of rotatable bonds is 7. The molecule has 2 N–H and O–H groups in total.